The van der Waals surface area contributed by atoms with Crippen LogP contribution >= 0.6 is 11.8 Å². The average molecular weight is 297 g/mol. The zero-order valence-corrected chi connectivity index (χ0v) is 13.3. The number of carbonyl (C=O) groups is 1. The summed E-state index contributed by atoms with van der Waals surface area (Å²) >= 11 is 1.84. The molecule has 0 amide bonds. The Morgan fingerprint density at radius 3 is 2.90 bits per heavy atom. The van der Waals surface area contributed by atoms with Gasteiger partial charge in [0.05, 0.1) is 19.3 Å². The fourth-order valence-electron chi connectivity index (χ4n) is 2.18. The molecule has 0 unspecified atom stereocenters. The highest BCUT2D eigenvalue weighted by atomic mass is 32.2. The zero-order valence-electron chi connectivity index (χ0n) is 12.5. The topological polar surface area (TPSA) is 57.0 Å². The normalized spacial score (nSPS) is 16.4. The van der Waals surface area contributed by atoms with Crippen molar-refractivity contribution in [3.8, 4) is 0 Å². The summed E-state index contributed by atoms with van der Waals surface area (Å²) in [4.78, 5) is 15.7. The van der Waals surface area contributed by atoms with Crippen molar-refractivity contribution in [3.63, 3.8) is 0 Å². The Balaban J connectivity index is 1.79. The molecule has 0 atom stereocenters. The van der Waals surface area contributed by atoms with E-state index in [-0.39, 0.29) is 11.4 Å². The number of thioether (sulfide) groups is 1. The molecule has 1 saturated carbocycles. The van der Waals surface area contributed by atoms with E-state index in [9.17, 15) is 4.79 Å². The maximum atomic E-state index is 11.4. The second kappa shape index (κ2) is 6.61. The molecule has 1 aliphatic carbocycles. The van der Waals surface area contributed by atoms with E-state index in [1.54, 1.807) is 6.33 Å². The van der Waals surface area contributed by atoms with E-state index in [1.165, 1.54) is 7.11 Å². The lowest BCUT2D eigenvalue weighted by Gasteiger charge is -2.13. The van der Waals surface area contributed by atoms with Gasteiger partial charge >= 0.3 is 5.97 Å². The number of methoxy groups -OCH3 is 1. The van der Waals surface area contributed by atoms with Crippen molar-refractivity contribution in [1.82, 2.24) is 14.8 Å². The van der Waals surface area contributed by atoms with Gasteiger partial charge in [-0.25, -0.2) is 9.67 Å². The van der Waals surface area contributed by atoms with Crippen LogP contribution in [0.4, 0.5) is 0 Å². The van der Waals surface area contributed by atoms with Crippen LogP contribution in [0, 0.1) is 11.3 Å². The maximum Gasteiger partial charge on any atom is 0.306 e. The number of hydrogen-bond acceptors (Lipinski definition) is 5. The number of ether oxygens (including phenoxy) is 1. The summed E-state index contributed by atoms with van der Waals surface area (Å²) in [6.45, 7) is 5.26. The molecule has 0 aliphatic heterocycles. The third-order valence-electron chi connectivity index (χ3n) is 3.58. The minimum atomic E-state index is -0.0916. The minimum Gasteiger partial charge on any atom is -0.469 e. The molecule has 1 aliphatic rings. The Morgan fingerprint density at radius 2 is 2.30 bits per heavy atom. The number of nitrogens with zero attached hydrogens (tertiary/aromatic N) is 3. The van der Waals surface area contributed by atoms with Crippen molar-refractivity contribution >= 4 is 17.7 Å². The summed E-state index contributed by atoms with van der Waals surface area (Å²) in [5.74, 6) is 3.35. The lowest BCUT2D eigenvalue weighted by Crippen LogP contribution is -2.14. The quantitative estimate of drug-likeness (QED) is 0.690. The van der Waals surface area contributed by atoms with Crippen molar-refractivity contribution in [1.29, 1.82) is 0 Å². The summed E-state index contributed by atoms with van der Waals surface area (Å²) in [5, 5.41) is 4.27. The Kier molecular flexibility index (Phi) is 5.07. The molecule has 0 saturated heterocycles. The highest BCUT2D eigenvalue weighted by molar-refractivity contribution is 7.98. The van der Waals surface area contributed by atoms with Gasteiger partial charge in [0.15, 0.2) is 0 Å². The number of carbonyl (C=O) groups excluding carboxylic acids is 1. The molecule has 5 nitrogen and oxygen atoms in total. The van der Waals surface area contributed by atoms with E-state index in [0.717, 1.165) is 36.7 Å². The summed E-state index contributed by atoms with van der Waals surface area (Å²) in [5.41, 5.74) is 0.181. The first-order chi connectivity index (χ1) is 9.54. The Labute approximate surface area is 124 Å². The Hall–Kier alpha value is -1.04. The van der Waals surface area contributed by atoms with E-state index in [2.05, 4.69) is 23.9 Å². The molecule has 1 heterocycles. The monoisotopic (exact) mass is 297 g/mol. The number of hydrogen-bond donors (Lipinski definition) is 0. The fourth-order valence-corrected chi connectivity index (χ4v) is 3.52. The molecule has 1 aromatic heterocycles. The van der Waals surface area contributed by atoms with Gasteiger partial charge in [-0.3, -0.25) is 4.79 Å². The first-order valence-electron chi connectivity index (χ1n) is 7.06. The summed E-state index contributed by atoms with van der Waals surface area (Å²) in [7, 11) is 1.46. The maximum absolute atomic E-state index is 11.4. The second-order valence-corrected chi connectivity index (χ2v) is 6.98. The smallest absolute Gasteiger partial charge is 0.306 e. The van der Waals surface area contributed by atoms with Gasteiger partial charge in [-0.05, 0) is 29.9 Å². The van der Waals surface area contributed by atoms with E-state index in [1.807, 2.05) is 16.4 Å². The number of aromatic nitrogens is 3. The number of rotatable bonds is 8. The molecule has 0 aromatic carbocycles. The third-order valence-corrected chi connectivity index (χ3v) is 4.86. The van der Waals surface area contributed by atoms with Gasteiger partial charge < -0.3 is 4.74 Å². The average Bonchev–Trinajstić information content (AvgIpc) is 3.01. The predicted molar refractivity (Wildman–Crippen MR) is 79.3 cm³/mol. The van der Waals surface area contributed by atoms with Gasteiger partial charge in [0.2, 0.25) is 0 Å². The minimum absolute atomic E-state index is 0.0916. The van der Waals surface area contributed by atoms with E-state index >= 15 is 0 Å². The summed E-state index contributed by atoms with van der Waals surface area (Å²) < 4.78 is 6.75. The van der Waals surface area contributed by atoms with Gasteiger partial charge in [-0.2, -0.15) is 16.9 Å². The van der Waals surface area contributed by atoms with Crippen molar-refractivity contribution in [3.05, 3.63) is 12.2 Å². The predicted octanol–water partition coefficient (Wildman–Crippen LogP) is 2.51. The molecular weight excluding hydrogens is 274 g/mol. The highest BCUT2D eigenvalue weighted by Crippen LogP contribution is 2.51. The zero-order chi connectivity index (χ0) is 14.6. The number of esters is 1. The molecule has 112 valence electrons. The standard InChI is InChI=1S/C14H23N3O2S/c1-11(2)7-17-12(15-10-16-17)8-20-9-14(4-5-14)6-13(18)19-3/h10-11H,4-9H2,1-3H3. The van der Waals surface area contributed by atoms with Gasteiger partial charge in [-0.15, -0.1) is 0 Å². The van der Waals surface area contributed by atoms with Gasteiger partial charge in [0.25, 0.3) is 0 Å². The molecule has 1 fully saturated rings. The first kappa shape index (κ1) is 15.4. The summed E-state index contributed by atoms with van der Waals surface area (Å²) in [6.07, 6.45) is 4.44. The molecule has 0 N–H and O–H groups in total. The molecule has 0 radical (unpaired) electrons. The van der Waals surface area contributed by atoms with E-state index in [0.29, 0.717) is 12.3 Å². The van der Waals surface area contributed by atoms with Crippen LogP contribution < -0.4 is 0 Å². The largest absolute Gasteiger partial charge is 0.469 e. The van der Waals surface area contributed by atoms with Gasteiger partial charge in [0.1, 0.15) is 12.2 Å². The first-order valence-corrected chi connectivity index (χ1v) is 8.21. The van der Waals surface area contributed by atoms with Crippen LogP contribution in [-0.2, 0) is 21.8 Å². The van der Waals surface area contributed by atoms with Crippen LogP contribution in [-0.4, -0.2) is 33.6 Å². The van der Waals surface area contributed by atoms with E-state index in [4.69, 9.17) is 4.74 Å². The van der Waals surface area contributed by atoms with Crippen LogP contribution in [0.25, 0.3) is 0 Å². The van der Waals surface area contributed by atoms with Crippen LogP contribution in [0.2, 0.25) is 0 Å². The van der Waals surface area contributed by atoms with Crippen molar-refractivity contribution < 1.29 is 9.53 Å². The SMILES string of the molecule is COC(=O)CC1(CSCc2ncnn2CC(C)C)CC1. The van der Waals surface area contributed by atoms with Crippen LogP contribution in [0.5, 0.6) is 0 Å². The fraction of sp³-hybridized carbons (Fsp3) is 0.786. The van der Waals surface area contributed by atoms with E-state index < -0.39 is 0 Å². The van der Waals surface area contributed by atoms with Crippen molar-refractivity contribution in [2.24, 2.45) is 11.3 Å². The van der Waals surface area contributed by atoms with Gasteiger partial charge in [-0.1, -0.05) is 13.8 Å². The molecule has 1 aromatic rings. The van der Waals surface area contributed by atoms with Crippen LogP contribution in [0.15, 0.2) is 6.33 Å². The highest BCUT2D eigenvalue weighted by Gasteiger charge is 2.44. The second-order valence-electron chi connectivity index (χ2n) is 6.00. The molecule has 0 spiro atoms. The molecule has 0 bridgehead atoms. The molecule has 6 heteroatoms. The molecule has 2 rings (SSSR count). The lowest BCUT2D eigenvalue weighted by atomic mass is 10.1. The summed E-state index contributed by atoms with van der Waals surface area (Å²) in [6, 6.07) is 0. The Bertz CT molecular complexity index is 455. The third kappa shape index (κ3) is 4.23. The van der Waals surface area contributed by atoms with Gasteiger partial charge in [0, 0.05) is 6.54 Å². The van der Waals surface area contributed by atoms with Crippen LogP contribution in [0.3, 0.4) is 0 Å². The lowest BCUT2D eigenvalue weighted by molar-refractivity contribution is -0.141. The molecular formula is C14H23N3O2S. The van der Waals surface area contributed by atoms with Crippen LogP contribution in [0.1, 0.15) is 38.9 Å². The Morgan fingerprint density at radius 1 is 1.55 bits per heavy atom. The molecule has 20 heavy (non-hydrogen) atoms. The van der Waals surface area contributed by atoms with Crippen molar-refractivity contribution in [2.75, 3.05) is 12.9 Å². The van der Waals surface area contributed by atoms with Crippen molar-refractivity contribution in [2.45, 2.75) is 45.4 Å².